The van der Waals surface area contributed by atoms with Gasteiger partial charge in [-0.3, -0.25) is 14.5 Å². The Morgan fingerprint density at radius 3 is 2.45 bits per heavy atom. The summed E-state index contributed by atoms with van der Waals surface area (Å²) in [6.45, 7) is 9.24. The number of rotatable bonds is 4. The van der Waals surface area contributed by atoms with Gasteiger partial charge >= 0.3 is 11.8 Å². The summed E-state index contributed by atoms with van der Waals surface area (Å²) in [6.07, 6.45) is 5.90. The first-order chi connectivity index (χ1) is 13.7. The number of aryl methyl sites for hydroxylation is 1. The molecule has 2 N–H and O–H groups in total. The van der Waals surface area contributed by atoms with E-state index in [1.807, 2.05) is 20.8 Å². The molecule has 0 bridgehead atoms. The third-order valence-corrected chi connectivity index (χ3v) is 5.82. The standard InChI is InChI=1S/C23H36N4O2/c1-23(2,3)25-22(29)21(28)24-16-20(27-13-6-5-7-14-27)18-10-11-19-17(15-18)9-8-12-26(19)4/h10-11,15,20H,5-9,12-14,16H2,1-4H3,(H,24,28)(H,25,29). The number of carbonyl (C=O) groups is 2. The number of carbonyl (C=O) groups excluding carboxylic acids is 2. The van der Waals surface area contributed by atoms with Gasteiger partial charge in [-0.05, 0) is 76.7 Å². The summed E-state index contributed by atoms with van der Waals surface area (Å²) in [5.74, 6) is -1.12. The quantitative estimate of drug-likeness (QED) is 0.763. The van der Waals surface area contributed by atoms with Crippen molar-refractivity contribution in [2.75, 3.05) is 38.1 Å². The van der Waals surface area contributed by atoms with E-state index in [1.165, 1.54) is 42.5 Å². The van der Waals surface area contributed by atoms with Crippen molar-refractivity contribution in [2.24, 2.45) is 0 Å². The molecule has 1 saturated heterocycles. The van der Waals surface area contributed by atoms with Gasteiger partial charge in [-0.1, -0.05) is 18.6 Å². The monoisotopic (exact) mass is 400 g/mol. The molecule has 1 aromatic rings. The summed E-state index contributed by atoms with van der Waals surface area (Å²) < 4.78 is 0. The van der Waals surface area contributed by atoms with Crippen LogP contribution in [0.15, 0.2) is 18.2 Å². The molecule has 0 saturated carbocycles. The molecular weight excluding hydrogens is 364 g/mol. The Balaban J connectivity index is 1.75. The van der Waals surface area contributed by atoms with Crippen molar-refractivity contribution in [3.05, 3.63) is 29.3 Å². The Kier molecular flexibility index (Phi) is 6.83. The highest BCUT2D eigenvalue weighted by molar-refractivity contribution is 6.35. The molecule has 2 aliphatic rings. The Labute approximate surface area is 175 Å². The highest BCUT2D eigenvalue weighted by Gasteiger charge is 2.26. The van der Waals surface area contributed by atoms with Crippen molar-refractivity contribution >= 4 is 17.5 Å². The Bertz CT molecular complexity index is 735. The van der Waals surface area contributed by atoms with Gasteiger partial charge in [0.15, 0.2) is 0 Å². The van der Waals surface area contributed by atoms with E-state index in [0.29, 0.717) is 6.54 Å². The molecule has 29 heavy (non-hydrogen) atoms. The molecule has 160 valence electrons. The maximum Gasteiger partial charge on any atom is 0.309 e. The second-order valence-electron chi connectivity index (χ2n) is 9.44. The molecular formula is C23H36N4O2. The van der Waals surface area contributed by atoms with Crippen LogP contribution in [0.3, 0.4) is 0 Å². The van der Waals surface area contributed by atoms with E-state index in [1.54, 1.807) is 0 Å². The Morgan fingerprint density at radius 2 is 1.76 bits per heavy atom. The lowest BCUT2D eigenvalue weighted by atomic mass is 9.95. The number of nitrogens with zero attached hydrogens (tertiary/aromatic N) is 2. The third kappa shape index (κ3) is 5.72. The van der Waals surface area contributed by atoms with Crippen LogP contribution in [0.25, 0.3) is 0 Å². The van der Waals surface area contributed by atoms with Crippen LogP contribution in [0.1, 0.15) is 63.6 Å². The number of amides is 2. The van der Waals surface area contributed by atoms with E-state index >= 15 is 0 Å². The van der Waals surface area contributed by atoms with E-state index in [4.69, 9.17) is 0 Å². The first-order valence-corrected chi connectivity index (χ1v) is 10.9. The van der Waals surface area contributed by atoms with Gasteiger partial charge in [-0.15, -0.1) is 0 Å². The number of benzene rings is 1. The number of piperidine rings is 1. The number of anilines is 1. The van der Waals surface area contributed by atoms with Crippen molar-refractivity contribution in [2.45, 2.75) is 64.5 Å². The van der Waals surface area contributed by atoms with E-state index in [-0.39, 0.29) is 6.04 Å². The minimum atomic E-state index is -0.568. The molecule has 3 rings (SSSR count). The fourth-order valence-corrected chi connectivity index (χ4v) is 4.37. The van der Waals surface area contributed by atoms with Gasteiger partial charge in [0.05, 0.1) is 6.04 Å². The average molecular weight is 401 g/mol. The van der Waals surface area contributed by atoms with Crippen LogP contribution in [0, 0.1) is 0 Å². The molecule has 0 spiro atoms. The van der Waals surface area contributed by atoms with Gasteiger partial charge < -0.3 is 15.5 Å². The fourth-order valence-electron chi connectivity index (χ4n) is 4.37. The van der Waals surface area contributed by atoms with Crippen LogP contribution in [-0.4, -0.2) is 55.5 Å². The van der Waals surface area contributed by atoms with Crippen molar-refractivity contribution in [1.29, 1.82) is 0 Å². The molecule has 1 fully saturated rings. The van der Waals surface area contributed by atoms with Gasteiger partial charge in [0.1, 0.15) is 0 Å². The lowest BCUT2D eigenvalue weighted by molar-refractivity contribution is -0.140. The topological polar surface area (TPSA) is 64.7 Å². The average Bonchev–Trinajstić information content (AvgIpc) is 2.67. The molecule has 1 aromatic carbocycles. The summed E-state index contributed by atoms with van der Waals surface area (Å²) in [5.41, 5.74) is 3.50. The van der Waals surface area contributed by atoms with Gasteiger partial charge in [0.25, 0.3) is 0 Å². The summed E-state index contributed by atoms with van der Waals surface area (Å²) in [5, 5.41) is 5.62. The van der Waals surface area contributed by atoms with Crippen molar-refractivity contribution < 1.29 is 9.59 Å². The van der Waals surface area contributed by atoms with Crippen molar-refractivity contribution in [3.8, 4) is 0 Å². The van der Waals surface area contributed by atoms with Gasteiger partial charge in [-0.2, -0.15) is 0 Å². The molecule has 0 aromatic heterocycles. The first kappa shape index (κ1) is 21.6. The molecule has 2 heterocycles. The summed E-state index contributed by atoms with van der Waals surface area (Å²) in [4.78, 5) is 29.3. The number of likely N-dealkylation sites (tertiary alicyclic amines) is 1. The predicted molar refractivity (Wildman–Crippen MR) is 117 cm³/mol. The zero-order chi connectivity index (χ0) is 21.0. The molecule has 6 heteroatoms. The van der Waals surface area contributed by atoms with Crippen LogP contribution in [0.2, 0.25) is 0 Å². The summed E-state index contributed by atoms with van der Waals surface area (Å²) in [6, 6.07) is 6.82. The fraction of sp³-hybridized carbons (Fsp3) is 0.652. The molecule has 0 radical (unpaired) electrons. The van der Waals surface area contributed by atoms with Crippen LogP contribution in [0.5, 0.6) is 0 Å². The minimum absolute atomic E-state index is 0.0965. The summed E-state index contributed by atoms with van der Waals surface area (Å²) in [7, 11) is 2.15. The predicted octanol–water partition coefficient (Wildman–Crippen LogP) is 2.63. The number of fused-ring (bicyclic) bond motifs is 1. The molecule has 0 aliphatic carbocycles. The largest absolute Gasteiger partial charge is 0.374 e. The Morgan fingerprint density at radius 1 is 1.03 bits per heavy atom. The zero-order valence-corrected chi connectivity index (χ0v) is 18.4. The molecule has 6 nitrogen and oxygen atoms in total. The summed E-state index contributed by atoms with van der Waals surface area (Å²) >= 11 is 0. The van der Waals surface area contributed by atoms with Crippen molar-refractivity contribution in [3.63, 3.8) is 0 Å². The SMILES string of the molecule is CN1CCCc2cc(C(CNC(=O)C(=O)NC(C)(C)C)N3CCCCC3)ccc21. The maximum absolute atomic E-state index is 12.4. The van der Waals surface area contributed by atoms with E-state index < -0.39 is 17.4 Å². The lowest BCUT2D eigenvalue weighted by Gasteiger charge is -2.36. The van der Waals surface area contributed by atoms with E-state index in [2.05, 4.69) is 45.7 Å². The third-order valence-electron chi connectivity index (χ3n) is 5.82. The number of hydrogen-bond acceptors (Lipinski definition) is 4. The van der Waals surface area contributed by atoms with Crippen molar-refractivity contribution in [1.82, 2.24) is 15.5 Å². The van der Waals surface area contributed by atoms with Crippen LogP contribution >= 0.6 is 0 Å². The molecule has 1 atom stereocenters. The maximum atomic E-state index is 12.4. The number of hydrogen-bond donors (Lipinski definition) is 2. The van der Waals surface area contributed by atoms with Gasteiger partial charge in [0.2, 0.25) is 0 Å². The van der Waals surface area contributed by atoms with Gasteiger partial charge in [-0.25, -0.2) is 0 Å². The normalized spacial score (nSPS) is 18.7. The van der Waals surface area contributed by atoms with E-state index in [9.17, 15) is 9.59 Å². The highest BCUT2D eigenvalue weighted by atomic mass is 16.2. The van der Waals surface area contributed by atoms with Gasteiger partial charge in [0, 0.05) is 31.4 Å². The van der Waals surface area contributed by atoms with Crippen LogP contribution in [0.4, 0.5) is 5.69 Å². The molecule has 1 unspecified atom stereocenters. The van der Waals surface area contributed by atoms with Crippen LogP contribution in [-0.2, 0) is 16.0 Å². The second kappa shape index (κ2) is 9.16. The highest BCUT2D eigenvalue weighted by Crippen LogP contribution is 2.31. The first-order valence-electron chi connectivity index (χ1n) is 10.9. The number of nitrogens with one attached hydrogen (secondary N) is 2. The minimum Gasteiger partial charge on any atom is -0.374 e. The molecule has 2 amide bonds. The second-order valence-corrected chi connectivity index (χ2v) is 9.44. The van der Waals surface area contributed by atoms with Crippen LogP contribution < -0.4 is 15.5 Å². The lowest BCUT2D eigenvalue weighted by Crippen LogP contribution is -2.50. The van der Waals surface area contributed by atoms with E-state index in [0.717, 1.165) is 26.1 Å². The zero-order valence-electron chi connectivity index (χ0n) is 18.4. The smallest absolute Gasteiger partial charge is 0.309 e. The Hall–Kier alpha value is -2.08. The molecule has 2 aliphatic heterocycles.